The van der Waals surface area contributed by atoms with Crippen molar-refractivity contribution in [1.29, 1.82) is 0 Å². The molecule has 0 aliphatic rings. The molecule has 0 aliphatic heterocycles. The zero-order valence-corrected chi connectivity index (χ0v) is 10.1. The molecule has 0 aliphatic carbocycles. The fourth-order valence-corrected chi connectivity index (χ4v) is 1.50. The van der Waals surface area contributed by atoms with Gasteiger partial charge in [0.1, 0.15) is 18.1 Å². The van der Waals surface area contributed by atoms with Crippen molar-refractivity contribution in [2.75, 3.05) is 0 Å². The SMILES string of the molecule is O=C(O)c1cc(COc2ccc(Cl)cc2)ccn1. The fourth-order valence-electron chi connectivity index (χ4n) is 1.38. The molecule has 0 radical (unpaired) electrons. The molecule has 5 heteroatoms. The lowest BCUT2D eigenvalue weighted by molar-refractivity contribution is 0.0690. The molecule has 1 aromatic heterocycles. The minimum Gasteiger partial charge on any atom is -0.489 e. The lowest BCUT2D eigenvalue weighted by Gasteiger charge is -2.06. The van der Waals surface area contributed by atoms with Crippen LogP contribution >= 0.6 is 11.6 Å². The van der Waals surface area contributed by atoms with Gasteiger partial charge in [0.2, 0.25) is 0 Å². The topological polar surface area (TPSA) is 59.4 Å². The number of aromatic nitrogens is 1. The standard InChI is InChI=1S/C13H10ClNO3/c14-10-1-3-11(4-2-10)18-8-9-5-6-15-12(7-9)13(16)17/h1-7H,8H2,(H,16,17). The minimum absolute atomic E-state index is 0.00667. The third-order valence-electron chi connectivity index (χ3n) is 2.26. The quantitative estimate of drug-likeness (QED) is 0.921. The van der Waals surface area contributed by atoms with Crippen molar-refractivity contribution in [1.82, 2.24) is 4.98 Å². The third kappa shape index (κ3) is 3.21. The number of aromatic carboxylic acids is 1. The number of benzene rings is 1. The van der Waals surface area contributed by atoms with Crippen LogP contribution in [0.5, 0.6) is 5.75 Å². The summed E-state index contributed by atoms with van der Waals surface area (Å²) >= 11 is 5.76. The van der Waals surface area contributed by atoms with Crippen molar-refractivity contribution in [3.8, 4) is 5.75 Å². The predicted octanol–water partition coefficient (Wildman–Crippen LogP) is 3.01. The van der Waals surface area contributed by atoms with Crippen LogP contribution in [-0.2, 0) is 6.61 Å². The Morgan fingerprint density at radius 2 is 2.00 bits per heavy atom. The molecule has 4 nitrogen and oxygen atoms in total. The largest absolute Gasteiger partial charge is 0.489 e. The molecule has 1 N–H and O–H groups in total. The summed E-state index contributed by atoms with van der Waals surface area (Å²) < 4.78 is 5.50. The van der Waals surface area contributed by atoms with E-state index in [4.69, 9.17) is 21.4 Å². The summed E-state index contributed by atoms with van der Waals surface area (Å²) in [5.41, 5.74) is 0.754. The number of carbonyl (C=O) groups is 1. The predicted molar refractivity (Wildman–Crippen MR) is 67.0 cm³/mol. The molecule has 0 unspecified atom stereocenters. The average molecular weight is 264 g/mol. The summed E-state index contributed by atoms with van der Waals surface area (Å²) in [5.74, 6) is -0.378. The van der Waals surface area contributed by atoms with Crippen LogP contribution in [0.2, 0.25) is 5.02 Å². The Morgan fingerprint density at radius 3 is 2.67 bits per heavy atom. The summed E-state index contributed by atoms with van der Waals surface area (Å²) in [5, 5.41) is 9.45. The first-order valence-corrected chi connectivity index (χ1v) is 5.59. The van der Waals surface area contributed by atoms with Gasteiger partial charge in [-0.1, -0.05) is 11.6 Å². The van der Waals surface area contributed by atoms with Crippen molar-refractivity contribution >= 4 is 17.6 Å². The average Bonchev–Trinajstić information content (AvgIpc) is 2.38. The van der Waals surface area contributed by atoms with Crippen LogP contribution in [-0.4, -0.2) is 16.1 Å². The van der Waals surface area contributed by atoms with E-state index in [0.717, 1.165) is 5.56 Å². The van der Waals surface area contributed by atoms with E-state index in [1.54, 1.807) is 30.3 Å². The lowest BCUT2D eigenvalue weighted by atomic mass is 10.2. The molecule has 0 bridgehead atoms. The summed E-state index contributed by atoms with van der Waals surface area (Å²) in [7, 11) is 0. The number of pyridine rings is 1. The van der Waals surface area contributed by atoms with Gasteiger partial charge in [0.15, 0.2) is 0 Å². The van der Waals surface area contributed by atoms with Crippen LogP contribution in [0.3, 0.4) is 0 Å². The Morgan fingerprint density at radius 1 is 1.28 bits per heavy atom. The van der Waals surface area contributed by atoms with E-state index < -0.39 is 5.97 Å². The smallest absolute Gasteiger partial charge is 0.354 e. The normalized spacial score (nSPS) is 10.1. The molecular weight excluding hydrogens is 254 g/mol. The van der Waals surface area contributed by atoms with Crippen molar-refractivity contribution in [2.24, 2.45) is 0 Å². The van der Waals surface area contributed by atoms with E-state index in [0.29, 0.717) is 10.8 Å². The monoisotopic (exact) mass is 263 g/mol. The minimum atomic E-state index is -1.05. The van der Waals surface area contributed by atoms with E-state index in [1.807, 2.05) is 0 Å². The van der Waals surface area contributed by atoms with E-state index in [1.165, 1.54) is 12.3 Å². The van der Waals surface area contributed by atoms with Crippen LogP contribution in [0, 0.1) is 0 Å². The number of rotatable bonds is 4. The van der Waals surface area contributed by atoms with E-state index in [2.05, 4.69) is 4.98 Å². The Labute approximate surface area is 109 Å². The summed E-state index contributed by atoms with van der Waals surface area (Å²) in [4.78, 5) is 14.5. The Hall–Kier alpha value is -2.07. The van der Waals surface area contributed by atoms with Crippen molar-refractivity contribution < 1.29 is 14.6 Å². The van der Waals surface area contributed by atoms with E-state index >= 15 is 0 Å². The summed E-state index contributed by atoms with van der Waals surface area (Å²) in [6, 6.07) is 10.2. The maximum atomic E-state index is 10.7. The van der Waals surface area contributed by atoms with Crippen LogP contribution in [0.4, 0.5) is 0 Å². The van der Waals surface area contributed by atoms with Gasteiger partial charge in [0.05, 0.1) is 0 Å². The fraction of sp³-hybridized carbons (Fsp3) is 0.0769. The maximum Gasteiger partial charge on any atom is 0.354 e. The third-order valence-corrected chi connectivity index (χ3v) is 2.51. The molecule has 0 saturated carbocycles. The van der Waals surface area contributed by atoms with Gasteiger partial charge < -0.3 is 9.84 Å². The molecule has 2 aromatic rings. The molecule has 18 heavy (non-hydrogen) atoms. The second kappa shape index (κ2) is 5.51. The summed E-state index contributed by atoms with van der Waals surface area (Å²) in [6.45, 7) is 0.282. The van der Waals surface area contributed by atoms with Gasteiger partial charge in [-0.25, -0.2) is 9.78 Å². The Kier molecular flexibility index (Phi) is 3.79. The van der Waals surface area contributed by atoms with Gasteiger partial charge >= 0.3 is 5.97 Å². The van der Waals surface area contributed by atoms with E-state index in [-0.39, 0.29) is 12.3 Å². The van der Waals surface area contributed by atoms with Gasteiger partial charge in [-0.15, -0.1) is 0 Å². The van der Waals surface area contributed by atoms with Crippen LogP contribution in [0.25, 0.3) is 0 Å². The molecule has 0 atom stereocenters. The highest BCUT2D eigenvalue weighted by Gasteiger charge is 2.05. The Bertz CT molecular complexity index is 554. The number of halogens is 1. The maximum absolute atomic E-state index is 10.7. The van der Waals surface area contributed by atoms with Gasteiger partial charge in [-0.3, -0.25) is 0 Å². The molecule has 1 aromatic carbocycles. The zero-order chi connectivity index (χ0) is 13.0. The number of hydrogen-bond donors (Lipinski definition) is 1. The van der Waals surface area contributed by atoms with Gasteiger partial charge in [-0.2, -0.15) is 0 Å². The van der Waals surface area contributed by atoms with Gasteiger partial charge in [0.25, 0.3) is 0 Å². The van der Waals surface area contributed by atoms with Crippen LogP contribution in [0.15, 0.2) is 42.6 Å². The van der Waals surface area contributed by atoms with Crippen molar-refractivity contribution in [3.05, 3.63) is 58.9 Å². The second-order valence-corrected chi connectivity index (χ2v) is 4.03. The molecule has 0 spiro atoms. The molecule has 92 valence electrons. The first kappa shape index (κ1) is 12.4. The highest BCUT2D eigenvalue weighted by Crippen LogP contribution is 2.16. The van der Waals surface area contributed by atoms with Gasteiger partial charge in [-0.05, 0) is 42.0 Å². The number of nitrogens with zero attached hydrogens (tertiary/aromatic N) is 1. The molecule has 2 rings (SSSR count). The Balaban J connectivity index is 2.04. The molecule has 0 fully saturated rings. The van der Waals surface area contributed by atoms with Crippen molar-refractivity contribution in [3.63, 3.8) is 0 Å². The number of carboxylic acid groups (broad SMARTS) is 1. The summed E-state index contributed by atoms with van der Waals surface area (Å²) in [6.07, 6.45) is 1.45. The van der Waals surface area contributed by atoms with E-state index in [9.17, 15) is 4.79 Å². The highest BCUT2D eigenvalue weighted by molar-refractivity contribution is 6.30. The van der Waals surface area contributed by atoms with Crippen LogP contribution < -0.4 is 4.74 Å². The molecule has 0 saturated heterocycles. The first-order chi connectivity index (χ1) is 8.65. The molecule has 1 heterocycles. The number of ether oxygens (including phenoxy) is 1. The molecular formula is C13H10ClNO3. The molecule has 0 amide bonds. The number of hydrogen-bond acceptors (Lipinski definition) is 3. The lowest BCUT2D eigenvalue weighted by Crippen LogP contribution is -2.02. The highest BCUT2D eigenvalue weighted by atomic mass is 35.5. The second-order valence-electron chi connectivity index (χ2n) is 3.60. The zero-order valence-electron chi connectivity index (χ0n) is 9.34. The van der Waals surface area contributed by atoms with Crippen LogP contribution in [0.1, 0.15) is 16.1 Å². The van der Waals surface area contributed by atoms with Gasteiger partial charge in [0, 0.05) is 11.2 Å². The van der Waals surface area contributed by atoms with Crippen molar-refractivity contribution in [2.45, 2.75) is 6.61 Å². The first-order valence-electron chi connectivity index (χ1n) is 5.22. The number of carboxylic acids is 1.